The lowest BCUT2D eigenvalue weighted by Crippen LogP contribution is -2.63. The van der Waals surface area contributed by atoms with E-state index in [1.807, 2.05) is 0 Å². The third kappa shape index (κ3) is 2.31. The molecule has 18 heavy (non-hydrogen) atoms. The molecule has 2 aliphatic heterocycles. The maximum absolute atomic E-state index is 6.27. The van der Waals surface area contributed by atoms with Gasteiger partial charge in [0.2, 0.25) is 0 Å². The Bertz CT molecular complexity index is 296. The molecule has 106 valence electrons. The molecule has 4 heteroatoms. The molecule has 2 N–H and O–H groups in total. The third-order valence-corrected chi connectivity index (χ3v) is 4.54. The van der Waals surface area contributed by atoms with Crippen LogP contribution in [0, 0.1) is 0 Å². The molecule has 0 aromatic heterocycles. The van der Waals surface area contributed by atoms with Crippen molar-refractivity contribution in [1.29, 1.82) is 0 Å². The summed E-state index contributed by atoms with van der Waals surface area (Å²) in [5.74, 6) is 0. The molecule has 0 bridgehead atoms. The highest BCUT2D eigenvalue weighted by Crippen LogP contribution is 2.48. The van der Waals surface area contributed by atoms with Crippen molar-refractivity contribution in [3.05, 3.63) is 0 Å². The van der Waals surface area contributed by atoms with E-state index in [1.165, 1.54) is 0 Å². The fourth-order valence-electron chi connectivity index (χ4n) is 3.85. The molecule has 2 heterocycles. The Morgan fingerprint density at radius 3 is 2.39 bits per heavy atom. The van der Waals surface area contributed by atoms with Crippen molar-refractivity contribution in [3.63, 3.8) is 0 Å². The predicted molar refractivity (Wildman–Crippen MR) is 72.7 cm³/mol. The van der Waals surface area contributed by atoms with Gasteiger partial charge in [0, 0.05) is 26.2 Å². The summed E-state index contributed by atoms with van der Waals surface area (Å²) in [5.41, 5.74) is 5.81. The number of hydrogen-bond donors (Lipinski definition) is 1. The zero-order chi connectivity index (χ0) is 13.4. The van der Waals surface area contributed by atoms with Crippen LogP contribution in [-0.2, 0) is 9.47 Å². The highest BCUT2D eigenvalue weighted by Gasteiger charge is 2.59. The molecule has 0 radical (unpaired) electrons. The van der Waals surface area contributed by atoms with Gasteiger partial charge in [0.25, 0.3) is 0 Å². The Labute approximate surface area is 111 Å². The molecule has 0 aromatic rings. The number of hydrogen-bond acceptors (Lipinski definition) is 4. The zero-order valence-electron chi connectivity index (χ0n) is 12.3. The Morgan fingerprint density at radius 1 is 1.11 bits per heavy atom. The molecule has 4 nitrogen and oxygen atoms in total. The second-order valence-electron chi connectivity index (χ2n) is 6.74. The van der Waals surface area contributed by atoms with Crippen LogP contribution in [-0.4, -0.2) is 54.5 Å². The van der Waals surface area contributed by atoms with Gasteiger partial charge in [-0.1, -0.05) is 0 Å². The first kappa shape index (κ1) is 14.3. The highest BCUT2D eigenvalue weighted by molar-refractivity contribution is 5.13. The van der Waals surface area contributed by atoms with E-state index in [4.69, 9.17) is 15.2 Å². The molecular formula is C14H28N2O2. The van der Waals surface area contributed by atoms with Crippen LogP contribution >= 0.6 is 0 Å². The minimum absolute atomic E-state index is 0.0653. The highest BCUT2D eigenvalue weighted by atomic mass is 16.5. The summed E-state index contributed by atoms with van der Waals surface area (Å²) in [6.07, 6.45) is 2.07. The molecule has 2 aliphatic rings. The van der Waals surface area contributed by atoms with E-state index in [-0.39, 0.29) is 16.7 Å². The Balaban J connectivity index is 2.28. The molecular weight excluding hydrogens is 228 g/mol. The summed E-state index contributed by atoms with van der Waals surface area (Å²) >= 11 is 0. The average Bonchev–Trinajstić information content (AvgIpc) is 2.49. The molecule has 0 aromatic carbocycles. The Hall–Kier alpha value is -0.160. The van der Waals surface area contributed by atoms with Crippen molar-refractivity contribution in [3.8, 4) is 0 Å². The van der Waals surface area contributed by atoms with Gasteiger partial charge in [-0.05, 0) is 40.5 Å². The monoisotopic (exact) mass is 256 g/mol. The number of nitrogens with two attached hydrogens (primary N) is 1. The minimum Gasteiger partial charge on any atom is -0.380 e. The van der Waals surface area contributed by atoms with Gasteiger partial charge in [0.1, 0.15) is 0 Å². The zero-order valence-corrected chi connectivity index (χ0v) is 12.3. The van der Waals surface area contributed by atoms with Gasteiger partial charge >= 0.3 is 0 Å². The summed E-state index contributed by atoms with van der Waals surface area (Å²) in [4.78, 5) is 2.51. The molecule has 1 atom stereocenters. The SMILES string of the molecule is CC1(C)CC(CN)(N2CCCOCC2)C(C)(C)O1. The molecule has 0 saturated carbocycles. The number of rotatable bonds is 2. The Morgan fingerprint density at radius 2 is 1.83 bits per heavy atom. The summed E-state index contributed by atoms with van der Waals surface area (Å²) in [7, 11) is 0. The maximum Gasteiger partial charge on any atom is 0.0830 e. The van der Waals surface area contributed by atoms with Gasteiger partial charge in [-0.3, -0.25) is 4.90 Å². The lowest BCUT2D eigenvalue weighted by Gasteiger charge is -2.47. The number of ether oxygens (including phenoxy) is 2. The van der Waals surface area contributed by atoms with Crippen molar-refractivity contribution in [1.82, 2.24) is 4.90 Å². The van der Waals surface area contributed by atoms with Gasteiger partial charge < -0.3 is 15.2 Å². The van der Waals surface area contributed by atoms with E-state index in [9.17, 15) is 0 Å². The molecule has 2 saturated heterocycles. The lowest BCUT2D eigenvalue weighted by molar-refractivity contribution is -0.104. The quantitative estimate of drug-likeness (QED) is 0.811. The second kappa shape index (κ2) is 4.75. The van der Waals surface area contributed by atoms with Crippen LogP contribution < -0.4 is 5.73 Å². The molecule has 1 unspecified atom stereocenters. The predicted octanol–water partition coefficient (Wildman–Crippen LogP) is 1.38. The van der Waals surface area contributed by atoms with Crippen LogP contribution in [0.1, 0.15) is 40.5 Å². The van der Waals surface area contributed by atoms with Crippen LogP contribution in [0.5, 0.6) is 0 Å². The van der Waals surface area contributed by atoms with Crippen LogP contribution in [0.25, 0.3) is 0 Å². The average molecular weight is 256 g/mol. The van der Waals surface area contributed by atoms with E-state index in [1.54, 1.807) is 0 Å². The van der Waals surface area contributed by atoms with Gasteiger partial charge in [0.05, 0.1) is 23.3 Å². The van der Waals surface area contributed by atoms with Crippen LogP contribution in [0.2, 0.25) is 0 Å². The summed E-state index contributed by atoms with van der Waals surface area (Å²) in [5, 5.41) is 0. The minimum atomic E-state index is -0.213. The molecule has 0 spiro atoms. The fourth-order valence-corrected chi connectivity index (χ4v) is 3.85. The maximum atomic E-state index is 6.27. The Kier molecular flexibility index (Phi) is 3.76. The van der Waals surface area contributed by atoms with E-state index in [2.05, 4.69) is 32.6 Å². The van der Waals surface area contributed by atoms with Gasteiger partial charge in [-0.25, -0.2) is 0 Å². The topological polar surface area (TPSA) is 47.7 Å². The van der Waals surface area contributed by atoms with Crippen LogP contribution in [0.3, 0.4) is 0 Å². The molecule has 0 amide bonds. The molecule has 2 rings (SSSR count). The van der Waals surface area contributed by atoms with E-state index in [0.717, 1.165) is 39.1 Å². The summed E-state index contributed by atoms with van der Waals surface area (Å²) in [6, 6.07) is 0. The third-order valence-electron chi connectivity index (χ3n) is 4.54. The van der Waals surface area contributed by atoms with Crippen molar-refractivity contribution in [2.24, 2.45) is 5.73 Å². The summed E-state index contributed by atoms with van der Waals surface area (Å²) in [6.45, 7) is 13.0. The summed E-state index contributed by atoms with van der Waals surface area (Å²) < 4.78 is 11.8. The van der Waals surface area contributed by atoms with E-state index >= 15 is 0 Å². The first-order valence-electron chi connectivity index (χ1n) is 7.06. The normalized spacial score (nSPS) is 36.5. The first-order chi connectivity index (χ1) is 8.33. The van der Waals surface area contributed by atoms with E-state index in [0.29, 0.717) is 6.54 Å². The van der Waals surface area contributed by atoms with Gasteiger partial charge in [-0.2, -0.15) is 0 Å². The van der Waals surface area contributed by atoms with Crippen molar-refractivity contribution < 1.29 is 9.47 Å². The fraction of sp³-hybridized carbons (Fsp3) is 1.00. The van der Waals surface area contributed by atoms with Gasteiger partial charge in [-0.15, -0.1) is 0 Å². The molecule has 0 aliphatic carbocycles. The van der Waals surface area contributed by atoms with E-state index < -0.39 is 0 Å². The molecule has 2 fully saturated rings. The van der Waals surface area contributed by atoms with Crippen molar-refractivity contribution >= 4 is 0 Å². The standard InChI is InChI=1S/C14H28N2O2/c1-12(2)10-14(11-15,13(3,4)18-12)16-6-5-8-17-9-7-16/h5-11,15H2,1-4H3. The van der Waals surface area contributed by atoms with Crippen molar-refractivity contribution in [2.45, 2.75) is 57.3 Å². The van der Waals surface area contributed by atoms with Crippen LogP contribution in [0.4, 0.5) is 0 Å². The largest absolute Gasteiger partial charge is 0.380 e. The van der Waals surface area contributed by atoms with Crippen LogP contribution in [0.15, 0.2) is 0 Å². The first-order valence-corrected chi connectivity index (χ1v) is 7.06. The lowest BCUT2D eigenvalue weighted by atomic mass is 9.77. The number of nitrogens with zero attached hydrogens (tertiary/aromatic N) is 1. The smallest absolute Gasteiger partial charge is 0.0830 e. The van der Waals surface area contributed by atoms with Gasteiger partial charge in [0.15, 0.2) is 0 Å². The van der Waals surface area contributed by atoms with Crippen molar-refractivity contribution in [2.75, 3.05) is 32.8 Å². The second-order valence-corrected chi connectivity index (χ2v) is 6.74.